The molecule has 0 spiro atoms. The Morgan fingerprint density at radius 1 is 1.39 bits per heavy atom. The molecule has 100 valence electrons. The first-order valence-corrected chi connectivity index (χ1v) is 7.26. The molecule has 0 aromatic rings. The maximum Gasteiger partial charge on any atom is 0.415 e. The lowest BCUT2D eigenvalue weighted by Gasteiger charge is -2.28. The number of allylic oxidation sites excluding steroid dienone is 1. The number of rotatable bonds is 1. The van der Waals surface area contributed by atoms with Crippen LogP contribution < -0.4 is 0 Å². The first-order valence-electron chi connectivity index (χ1n) is 6.18. The van der Waals surface area contributed by atoms with Gasteiger partial charge in [0.2, 0.25) is 0 Å². The number of halogens is 1. The van der Waals surface area contributed by atoms with Gasteiger partial charge in [0.05, 0.1) is 3.58 Å². The van der Waals surface area contributed by atoms with Crippen LogP contribution >= 0.6 is 22.6 Å². The molecule has 1 aliphatic heterocycles. The Morgan fingerprint density at radius 3 is 2.39 bits per heavy atom. The maximum atomic E-state index is 12.2. The van der Waals surface area contributed by atoms with Crippen LogP contribution in [0.2, 0.25) is 0 Å². The van der Waals surface area contributed by atoms with Crippen LogP contribution in [0.3, 0.4) is 0 Å². The van der Waals surface area contributed by atoms with Crippen molar-refractivity contribution in [3.8, 4) is 0 Å². The van der Waals surface area contributed by atoms with Crippen LogP contribution in [0.1, 0.15) is 40.5 Å². The molecule has 0 unspecified atom stereocenters. The number of carbonyl (C=O) groups is 2. The molecule has 1 amide bonds. The van der Waals surface area contributed by atoms with Crippen molar-refractivity contribution < 1.29 is 14.3 Å². The Balaban J connectivity index is 2.25. The third-order valence-corrected chi connectivity index (χ3v) is 4.11. The van der Waals surface area contributed by atoms with E-state index in [2.05, 4.69) is 22.6 Å². The van der Waals surface area contributed by atoms with Crippen molar-refractivity contribution in [3.05, 3.63) is 9.28 Å². The van der Waals surface area contributed by atoms with Gasteiger partial charge in [0.15, 0.2) is 5.78 Å². The average Bonchev–Trinajstić information content (AvgIpc) is 3.00. The third kappa shape index (κ3) is 2.55. The quantitative estimate of drug-likeness (QED) is 0.672. The Hall–Kier alpha value is -0.590. The predicted octanol–water partition coefficient (Wildman–Crippen LogP) is 3.25. The summed E-state index contributed by atoms with van der Waals surface area (Å²) in [6.07, 6.45) is 1.71. The molecule has 1 aliphatic carbocycles. The molecule has 0 aromatic carbocycles. The van der Waals surface area contributed by atoms with Crippen LogP contribution in [-0.4, -0.2) is 28.4 Å². The highest BCUT2D eigenvalue weighted by Crippen LogP contribution is 2.46. The maximum absolute atomic E-state index is 12.2. The van der Waals surface area contributed by atoms with Gasteiger partial charge in [-0.15, -0.1) is 0 Å². The molecular weight excluding hydrogens is 345 g/mol. The number of hydrogen-bond donors (Lipinski definition) is 0. The SMILES string of the molecule is C[C@H]1C(=O)C(I)=C(C2CC2)N1C(=O)OC(C)(C)C. The highest BCUT2D eigenvalue weighted by Gasteiger charge is 2.46. The van der Waals surface area contributed by atoms with E-state index in [1.165, 1.54) is 0 Å². The van der Waals surface area contributed by atoms with Gasteiger partial charge >= 0.3 is 6.09 Å². The van der Waals surface area contributed by atoms with E-state index in [0.29, 0.717) is 9.50 Å². The molecule has 2 rings (SSSR count). The van der Waals surface area contributed by atoms with E-state index < -0.39 is 17.7 Å². The highest BCUT2D eigenvalue weighted by atomic mass is 127. The minimum absolute atomic E-state index is 0.0309. The van der Waals surface area contributed by atoms with Crippen molar-refractivity contribution in [2.45, 2.75) is 52.2 Å². The molecule has 1 fully saturated rings. The second-order valence-corrected chi connectivity index (χ2v) is 6.94. The van der Waals surface area contributed by atoms with E-state index in [0.717, 1.165) is 18.5 Å². The van der Waals surface area contributed by atoms with E-state index in [1.54, 1.807) is 11.8 Å². The Morgan fingerprint density at radius 2 is 1.94 bits per heavy atom. The molecule has 5 heteroatoms. The van der Waals surface area contributed by atoms with Crippen molar-refractivity contribution in [1.82, 2.24) is 4.90 Å². The van der Waals surface area contributed by atoms with Gasteiger partial charge in [0, 0.05) is 11.6 Å². The Labute approximate surface area is 121 Å². The van der Waals surface area contributed by atoms with Crippen molar-refractivity contribution in [2.75, 3.05) is 0 Å². The largest absolute Gasteiger partial charge is 0.443 e. The lowest BCUT2D eigenvalue weighted by molar-refractivity contribution is -0.117. The van der Waals surface area contributed by atoms with Crippen LogP contribution in [0.25, 0.3) is 0 Å². The van der Waals surface area contributed by atoms with Crippen LogP contribution in [-0.2, 0) is 9.53 Å². The Kier molecular flexibility index (Phi) is 3.46. The average molecular weight is 363 g/mol. The topological polar surface area (TPSA) is 46.6 Å². The third-order valence-electron chi connectivity index (χ3n) is 3.02. The van der Waals surface area contributed by atoms with Crippen molar-refractivity contribution in [2.24, 2.45) is 5.92 Å². The molecule has 1 atom stereocenters. The van der Waals surface area contributed by atoms with Crippen LogP contribution in [0, 0.1) is 5.92 Å². The standard InChI is InChI=1S/C13H18INO3/c1-7-11(16)9(14)10(8-5-6-8)15(7)12(17)18-13(2,3)4/h7-8H,5-6H2,1-4H3/t7-/m0/s1. The van der Waals surface area contributed by atoms with Gasteiger partial charge in [-0.25, -0.2) is 4.79 Å². The predicted molar refractivity (Wildman–Crippen MR) is 76.3 cm³/mol. The molecule has 2 aliphatic rings. The first-order chi connectivity index (χ1) is 8.22. The Bertz CT molecular complexity index is 432. The molecule has 4 nitrogen and oxygen atoms in total. The summed E-state index contributed by atoms with van der Waals surface area (Å²) in [5.74, 6) is 0.390. The summed E-state index contributed by atoms with van der Waals surface area (Å²) in [4.78, 5) is 25.8. The van der Waals surface area contributed by atoms with E-state index in [1.807, 2.05) is 20.8 Å². The summed E-state index contributed by atoms with van der Waals surface area (Å²) >= 11 is 2.06. The minimum atomic E-state index is -0.539. The highest BCUT2D eigenvalue weighted by molar-refractivity contribution is 14.1. The minimum Gasteiger partial charge on any atom is -0.443 e. The zero-order valence-electron chi connectivity index (χ0n) is 11.1. The molecule has 0 bridgehead atoms. The number of ether oxygens (including phenoxy) is 1. The smallest absolute Gasteiger partial charge is 0.415 e. The number of Topliss-reactive ketones (excluding diaryl/α,β-unsaturated/α-hetero) is 1. The summed E-state index contributed by atoms with van der Waals surface area (Å²) in [5, 5.41) is 0. The number of ketones is 1. The normalized spacial score (nSPS) is 24.8. The van der Waals surface area contributed by atoms with Crippen LogP contribution in [0.4, 0.5) is 4.79 Å². The first kappa shape index (κ1) is 13.8. The summed E-state index contributed by atoms with van der Waals surface area (Å²) in [7, 11) is 0. The van der Waals surface area contributed by atoms with Crippen LogP contribution in [0.15, 0.2) is 9.28 Å². The zero-order chi connectivity index (χ0) is 13.7. The lowest BCUT2D eigenvalue weighted by Crippen LogP contribution is -2.41. The number of hydrogen-bond acceptors (Lipinski definition) is 3. The van der Waals surface area contributed by atoms with Gasteiger partial charge < -0.3 is 4.74 Å². The second kappa shape index (κ2) is 4.51. The summed E-state index contributed by atoms with van der Waals surface area (Å²) < 4.78 is 6.10. The van der Waals surface area contributed by atoms with E-state index in [4.69, 9.17) is 4.74 Å². The number of nitrogens with zero attached hydrogens (tertiary/aromatic N) is 1. The van der Waals surface area contributed by atoms with Gasteiger partial charge in [-0.05, 0) is 63.1 Å². The molecule has 0 N–H and O–H groups in total. The van der Waals surface area contributed by atoms with Crippen LogP contribution in [0.5, 0.6) is 0 Å². The molecule has 1 heterocycles. The molecule has 0 radical (unpaired) electrons. The number of amides is 1. The fourth-order valence-corrected chi connectivity index (χ4v) is 3.19. The van der Waals surface area contributed by atoms with Gasteiger partial charge in [0.25, 0.3) is 0 Å². The molecular formula is C13H18INO3. The van der Waals surface area contributed by atoms with Gasteiger partial charge in [0.1, 0.15) is 11.6 Å². The summed E-state index contributed by atoms with van der Waals surface area (Å²) in [6.45, 7) is 7.26. The monoisotopic (exact) mass is 363 g/mol. The van der Waals surface area contributed by atoms with Gasteiger partial charge in [-0.3, -0.25) is 9.69 Å². The van der Waals surface area contributed by atoms with E-state index in [9.17, 15) is 9.59 Å². The van der Waals surface area contributed by atoms with E-state index >= 15 is 0 Å². The molecule has 0 aromatic heterocycles. The zero-order valence-corrected chi connectivity index (χ0v) is 13.3. The van der Waals surface area contributed by atoms with Crippen molar-refractivity contribution >= 4 is 34.5 Å². The summed E-state index contributed by atoms with van der Waals surface area (Å²) in [6, 6.07) is -0.428. The molecule has 18 heavy (non-hydrogen) atoms. The lowest BCUT2D eigenvalue weighted by atomic mass is 10.2. The van der Waals surface area contributed by atoms with Crippen molar-refractivity contribution in [1.29, 1.82) is 0 Å². The fourth-order valence-electron chi connectivity index (χ4n) is 2.04. The number of carbonyl (C=O) groups excluding carboxylic acids is 2. The molecule has 1 saturated carbocycles. The summed E-state index contributed by atoms with van der Waals surface area (Å²) in [5.41, 5.74) is 0.338. The molecule has 0 saturated heterocycles. The van der Waals surface area contributed by atoms with Gasteiger partial charge in [-0.2, -0.15) is 0 Å². The fraction of sp³-hybridized carbons (Fsp3) is 0.692. The van der Waals surface area contributed by atoms with Crippen molar-refractivity contribution in [3.63, 3.8) is 0 Å². The van der Waals surface area contributed by atoms with E-state index in [-0.39, 0.29) is 5.78 Å². The second-order valence-electron chi connectivity index (χ2n) is 5.86. The van der Waals surface area contributed by atoms with Gasteiger partial charge in [-0.1, -0.05) is 0 Å².